The average Bonchev–Trinajstić information content (AvgIpc) is 2.41. The van der Waals surface area contributed by atoms with Gasteiger partial charge in [0.15, 0.2) is 5.78 Å². The Morgan fingerprint density at radius 1 is 1.16 bits per heavy atom. The van der Waals surface area contributed by atoms with Gasteiger partial charge in [-0.15, -0.1) is 0 Å². The number of benzene rings is 2. The van der Waals surface area contributed by atoms with Gasteiger partial charge in [-0.3, -0.25) is 4.79 Å². The number of carbonyl (C=O) groups excluding carboxylic acids is 1. The molecule has 0 atom stereocenters. The summed E-state index contributed by atoms with van der Waals surface area (Å²) in [6.07, 6.45) is 0.351. The van der Waals surface area contributed by atoms with Crippen LogP contribution < -0.4 is 10.5 Å². The Balaban J connectivity index is 2.28. The highest BCUT2D eigenvalue weighted by atomic mass is 16.5. The second-order valence-corrected chi connectivity index (χ2v) is 4.45. The van der Waals surface area contributed by atoms with Gasteiger partial charge < -0.3 is 10.5 Å². The van der Waals surface area contributed by atoms with Crippen LogP contribution >= 0.6 is 0 Å². The fourth-order valence-corrected chi connectivity index (χ4v) is 2.04. The summed E-state index contributed by atoms with van der Waals surface area (Å²) in [5.41, 5.74) is 8.99. The van der Waals surface area contributed by atoms with E-state index >= 15 is 0 Å². The van der Waals surface area contributed by atoms with Crippen LogP contribution in [0.15, 0.2) is 42.5 Å². The summed E-state index contributed by atoms with van der Waals surface area (Å²) >= 11 is 0. The van der Waals surface area contributed by atoms with E-state index in [1.54, 1.807) is 25.3 Å². The molecular weight excluding hydrogens is 238 g/mol. The number of nitrogens with two attached hydrogens (primary N) is 1. The molecule has 3 heteroatoms. The minimum Gasteiger partial charge on any atom is -0.495 e. The Morgan fingerprint density at radius 3 is 2.58 bits per heavy atom. The van der Waals surface area contributed by atoms with Gasteiger partial charge in [-0.05, 0) is 30.2 Å². The van der Waals surface area contributed by atoms with E-state index in [0.717, 1.165) is 11.1 Å². The highest BCUT2D eigenvalue weighted by Crippen LogP contribution is 2.26. The summed E-state index contributed by atoms with van der Waals surface area (Å²) in [4.78, 5) is 12.3. The topological polar surface area (TPSA) is 52.3 Å². The van der Waals surface area contributed by atoms with E-state index in [4.69, 9.17) is 10.5 Å². The molecule has 0 aliphatic carbocycles. The van der Waals surface area contributed by atoms with E-state index in [0.29, 0.717) is 23.4 Å². The van der Waals surface area contributed by atoms with Crippen molar-refractivity contribution in [3.63, 3.8) is 0 Å². The van der Waals surface area contributed by atoms with E-state index in [-0.39, 0.29) is 5.78 Å². The average molecular weight is 255 g/mol. The van der Waals surface area contributed by atoms with Crippen LogP contribution in [0, 0.1) is 6.92 Å². The van der Waals surface area contributed by atoms with Crippen molar-refractivity contribution in [2.75, 3.05) is 12.8 Å². The zero-order chi connectivity index (χ0) is 13.8. The smallest absolute Gasteiger partial charge is 0.169 e. The number of para-hydroxylation sites is 1. The van der Waals surface area contributed by atoms with Crippen molar-refractivity contribution in [2.45, 2.75) is 13.3 Å². The van der Waals surface area contributed by atoms with Crippen molar-refractivity contribution in [2.24, 2.45) is 0 Å². The van der Waals surface area contributed by atoms with E-state index in [9.17, 15) is 4.79 Å². The van der Waals surface area contributed by atoms with Gasteiger partial charge in [0.1, 0.15) is 5.75 Å². The van der Waals surface area contributed by atoms with Gasteiger partial charge in [-0.25, -0.2) is 0 Å². The zero-order valence-electron chi connectivity index (χ0n) is 11.1. The first-order valence-corrected chi connectivity index (χ1v) is 6.13. The second-order valence-electron chi connectivity index (χ2n) is 4.45. The molecule has 19 heavy (non-hydrogen) atoms. The summed E-state index contributed by atoms with van der Waals surface area (Å²) in [5, 5.41) is 0. The molecule has 98 valence electrons. The number of nitrogen functional groups attached to an aromatic ring is 1. The summed E-state index contributed by atoms with van der Waals surface area (Å²) in [6.45, 7) is 2.00. The third-order valence-corrected chi connectivity index (χ3v) is 3.20. The van der Waals surface area contributed by atoms with Gasteiger partial charge in [-0.1, -0.05) is 30.3 Å². The number of ketones is 1. The zero-order valence-corrected chi connectivity index (χ0v) is 11.1. The molecule has 0 aliphatic rings. The predicted octanol–water partition coefficient (Wildman–Crippen LogP) is 3.01. The number of hydrogen-bond donors (Lipinski definition) is 1. The van der Waals surface area contributed by atoms with Gasteiger partial charge in [0, 0.05) is 12.0 Å². The standard InChI is InChI=1S/C16H17NO2/c1-11-6-3-4-7-12(11)10-14(18)13-8-5-9-15(19-2)16(13)17/h3-9H,10,17H2,1-2H3. The van der Waals surface area contributed by atoms with Crippen LogP contribution in [0.4, 0.5) is 5.69 Å². The summed E-state index contributed by atoms with van der Waals surface area (Å²) in [5.74, 6) is 0.543. The van der Waals surface area contributed by atoms with E-state index < -0.39 is 0 Å². The maximum atomic E-state index is 12.3. The molecule has 2 aromatic carbocycles. The quantitative estimate of drug-likeness (QED) is 0.675. The highest BCUT2D eigenvalue weighted by molar-refractivity contribution is 6.03. The van der Waals surface area contributed by atoms with Crippen LogP contribution in [-0.2, 0) is 6.42 Å². The number of hydrogen-bond acceptors (Lipinski definition) is 3. The molecule has 0 aromatic heterocycles. The number of Topliss-reactive ketones (excluding diaryl/α,β-unsaturated/α-hetero) is 1. The minimum absolute atomic E-state index is 0.00528. The Morgan fingerprint density at radius 2 is 1.89 bits per heavy atom. The Labute approximate surface area is 113 Å². The molecule has 0 fully saturated rings. The lowest BCUT2D eigenvalue weighted by Crippen LogP contribution is -2.08. The molecule has 2 N–H and O–H groups in total. The molecule has 0 spiro atoms. The molecule has 0 bridgehead atoms. The van der Waals surface area contributed by atoms with Crippen LogP contribution in [0.3, 0.4) is 0 Å². The normalized spacial score (nSPS) is 10.2. The summed E-state index contributed by atoms with van der Waals surface area (Å²) in [7, 11) is 1.54. The molecular formula is C16H17NO2. The lowest BCUT2D eigenvalue weighted by Gasteiger charge is -2.10. The van der Waals surface area contributed by atoms with Crippen LogP contribution in [0.25, 0.3) is 0 Å². The van der Waals surface area contributed by atoms with Crippen LogP contribution in [0.1, 0.15) is 21.5 Å². The van der Waals surface area contributed by atoms with E-state index in [1.807, 2.05) is 31.2 Å². The maximum absolute atomic E-state index is 12.3. The molecule has 3 nitrogen and oxygen atoms in total. The van der Waals surface area contributed by atoms with E-state index in [1.165, 1.54) is 0 Å². The van der Waals surface area contributed by atoms with Gasteiger partial charge in [0.25, 0.3) is 0 Å². The summed E-state index contributed by atoms with van der Waals surface area (Å²) < 4.78 is 5.13. The number of methoxy groups -OCH3 is 1. The van der Waals surface area contributed by atoms with Gasteiger partial charge in [0.2, 0.25) is 0 Å². The number of carbonyl (C=O) groups is 1. The first-order chi connectivity index (χ1) is 9.13. The maximum Gasteiger partial charge on any atom is 0.169 e. The molecule has 0 saturated carbocycles. The Bertz CT molecular complexity index is 605. The highest BCUT2D eigenvalue weighted by Gasteiger charge is 2.14. The lowest BCUT2D eigenvalue weighted by molar-refractivity contribution is 0.0993. The van der Waals surface area contributed by atoms with Crippen molar-refractivity contribution in [3.8, 4) is 5.75 Å². The van der Waals surface area contributed by atoms with Crippen LogP contribution in [0.2, 0.25) is 0 Å². The van der Waals surface area contributed by atoms with Crippen molar-refractivity contribution in [3.05, 3.63) is 59.2 Å². The largest absolute Gasteiger partial charge is 0.495 e. The van der Waals surface area contributed by atoms with Crippen LogP contribution in [-0.4, -0.2) is 12.9 Å². The first-order valence-electron chi connectivity index (χ1n) is 6.13. The predicted molar refractivity (Wildman–Crippen MR) is 76.6 cm³/mol. The number of aryl methyl sites for hydroxylation is 1. The van der Waals surface area contributed by atoms with Crippen LogP contribution in [0.5, 0.6) is 5.75 Å². The number of ether oxygens (including phenoxy) is 1. The molecule has 2 rings (SSSR count). The Kier molecular flexibility index (Phi) is 3.85. The third-order valence-electron chi connectivity index (χ3n) is 3.20. The molecule has 0 aliphatic heterocycles. The molecule has 0 amide bonds. The molecule has 2 aromatic rings. The Hall–Kier alpha value is -2.29. The monoisotopic (exact) mass is 255 g/mol. The number of anilines is 1. The van der Waals surface area contributed by atoms with Gasteiger partial charge in [-0.2, -0.15) is 0 Å². The minimum atomic E-state index is 0.00528. The fraction of sp³-hybridized carbons (Fsp3) is 0.188. The van der Waals surface area contributed by atoms with Gasteiger partial charge in [0.05, 0.1) is 12.8 Å². The molecule has 0 saturated heterocycles. The third kappa shape index (κ3) is 2.76. The van der Waals surface area contributed by atoms with Crippen molar-refractivity contribution >= 4 is 11.5 Å². The van der Waals surface area contributed by atoms with Gasteiger partial charge >= 0.3 is 0 Å². The SMILES string of the molecule is COc1cccc(C(=O)Cc2ccccc2C)c1N. The van der Waals surface area contributed by atoms with Crippen molar-refractivity contribution in [1.29, 1.82) is 0 Å². The fourth-order valence-electron chi connectivity index (χ4n) is 2.04. The van der Waals surface area contributed by atoms with E-state index in [2.05, 4.69) is 0 Å². The van der Waals surface area contributed by atoms with Crippen molar-refractivity contribution in [1.82, 2.24) is 0 Å². The lowest BCUT2D eigenvalue weighted by atomic mass is 9.98. The number of rotatable bonds is 4. The molecule has 0 radical (unpaired) electrons. The second kappa shape index (κ2) is 5.57. The molecule has 0 unspecified atom stereocenters. The first kappa shape index (κ1) is 13.1. The van der Waals surface area contributed by atoms with Crippen molar-refractivity contribution < 1.29 is 9.53 Å². The molecule has 0 heterocycles. The summed E-state index contributed by atoms with van der Waals surface area (Å²) in [6, 6.07) is 13.1.